The second-order valence-corrected chi connectivity index (χ2v) is 2.27. The van der Waals surface area contributed by atoms with Crippen molar-refractivity contribution in [2.75, 3.05) is 13.3 Å². The summed E-state index contributed by atoms with van der Waals surface area (Å²) in [5.41, 5.74) is -0.806. The molecule has 0 bridgehead atoms. The van der Waals surface area contributed by atoms with Crippen molar-refractivity contribution in [1.29, 1.82) is 0 Å². The van der Waals surface area contributed by atoms with Gasteiger partial charge in [0.25, 0.3) is 0 Å². The Kier molecular flexibility index (Phi) is 0.994. The van der Waals surface area contributed by atoms with E-state index >= 15 is 0 Å². The third kappa shape index (κ3) is 0.504. The molecule has 1 atom stereocenters. The Morgan fingerprint density at radius 3 is 2.62 bits per heavy atom. The molecule has 1 rings (SSSR count). The third-order valence-corrected chi connectivity index (χ3v) is 1.31. The van der Waals surface area contributed by atoms with Crippen LogP contribution in [0.5, 0.6) is 0 Å². The minimum atomic E-state index is -0.806. The Bertz CT molecular complexity index is 120. The predicted molar refractivity (Wildman–Crippen MR) is 25.0 cm³/mol. The fraction of sp³-hybridized carbons (Fsp3) is 0.800. The second-order valence-electron chi connectivity index (χ2n) is 2.27. The van der Waals surface area contributed by atoms with Gasteiger partial charge in [0.05, 0.1) is 0 Å². The maximum absolute atomic E-state index is 11.8. The molecule has 46 valence electrons. The zero-order valence-corrected chi connectivity index (χ0v) is 4.61. The number of carbonyl (C=O) groups excluding carboxylic acids is 1. The van der Waals surface area contributed by atoms with Gasteiger partial charge in [-0.2, -0.15) is 0 Å². The van der Waals surface area contributed by atoms with Gasteiger partial charge in [-0.3, -0.25) is 4.79 Å². The van der Waals surface area contributed by atoms with E-state index in [1.54, 1.807) is 6.92 Å². The monoisotopic (exact) mass is 118 g/mol. The zero-order valence-electron chi connectivity index (χ0n) is 4.61. The highest BCUT2D eigenvalue weighted by atomic mass is 19.1. The van der Waals surface area contributed by atoms with Crippen molar-refractivity contribution in [3.63, 3.8) is 0 Å². The van der Waals surface area contributed by atoms with Crippen molar-refractivity contribution < 1.29 is 13.9 Å². The molecule has 1 unspecified atom stereocenters. The number of alkyl halides is 1. The number of carbonyl (C=O) groups is 1. The molecule has 0 aromatic carbocycles. The molecule has 8 heavy (non-hydrogen) atoms. The van der Waals surface area contributed by atoms with Crippen LogP contribution in [0.4, 0.5) is 4.39 Å². The maximum Gasteiger partial charge on any atom is 0.318 e. The lowest BCUT2D eigenvalue weighted by atomic mass is 9.90. The molecule has 0 amide bonds. The van der Waals surface area contributed by atoms with Gasteiger partial charge in [-0.1, -0.05) is 0 Å². The topological polar surface area (TPSA) is 26.3 Å². The molecule has 1 saturated heterocycles. The number of halogens is 1. The van der Waals surface area contributed by atoms with Crippen LogP contribution in [0.3, 0.4) is 0 Å². The second kappa shape index (κ2) is 1.44. The minimum Gasteiger partial charge on any atom is -0.464 e. The average Bonchev–Trinajstić information content (AvgIpc) is 1.83. The van der Waals surface area contributed by atoms with Crippen molar-refractivity contribution in [1.82, 2.24) is 0 Å². The Labute approximate surface area is 46.6 Å². The quantitative estimate of drug-likeness (QED) is 0.469. The summed E-state index contributed by atoms with van der Waals surface area (Å²) >= 11 is 0. The summed E-state index contributed by atoms with van der Waals surface area (Å²) in [4.78, 5) is 10.3. The fourth-order valence-electron chi connectivity index (χ4n) is 0.471. The highest BCUT2D eigenvalue weighted by Gasteiger charge is 2.44. The van der Waals surface area contributed by atoms with Gasteiger partial charge in [-0.05, 0) is 6.92 Å². The fourth-order valence-corrected chi connectivity index (χ4v) is 0.471. The number of hydrogen-bond acceptors (Lipinski definition) is 2. The lowest BCUT2D eigenvalue weighted by Gasteiger charge is -2.32. The van der Waals surface area contributed by atoms with Crippen molar-refractivity contribution in [3.8, 4) is 0 Å². The van der Waals surface area contributed by atoms with Crippen LogP contribution in [-0.4, -0.2) is 19.3 Å². The van der Waals surface area contributed by atoms with Crippen molar-refractivity contribution in [2.45, 2.75) is 6.92 Å². The van der Waals surface area contributed by atoms with E-state index in [9.17, 15) is 9.18 Å². The summed E-state index contributed by atoms with van der Waals surface area (Å²) in [6, 6.07) is 0. The van der Waals surface area contributed by atoms with E-state index in [-0.39, 0.29) is 6.61 Å². The molecule has 2 nitrogen and oxygen atoms in total. The van der Waals surface area contributed by atoms with Crippen molar-refractivity contribution in [2.24, 2.45) is 5.41 Å². The number of ether oxygens (including phenoxy) is 1. The molecule has 1 aliphatic rings. The van der Waals surface area contributed by atoms with Crippen molar-refractivity contribution in [3.05, 3.63) is 0 Å². The molecule has 0 radical (unpaired) electrons. The summed E-state index contributed by atoms with van der Waals surface area (Å²) < 4.78 is 16.1. The van der Waals surface area contributed by atoms with Gasteiger partial charge in [0, 0.05) is 0 Å². The Morgan fingerprint density at radius 1 is 2.00 bits per heavy atom. The smallest absolute Gasteiger partial charge is 0.318 e. The summed E-state index contributed by atoms with van der Waals surface area (Å²) in [5, 5.41) is 0. The van der Waals surface area contributed by atoms with Crippen LogP contribution < -0.4 is 0 Å². The average molecular weight is 118 g/mol. The summed E-state index contributed by atoms with van der Waals surface area (Å²) in [7, 11) is 0. The van der Waals surface area contributed by atoms with Gasteiger partial charge < -0.3 is 4.74 Å². The molecule has 0 N–H and O–H groups in total. The van der Waals surface area contributed by atoms with Gasteiger partial charge >= 0.3 is 5.97 Å². The molecule has 0 saturated carbocycles. The van der Waals surface area contributed by atoms with E-state index < -0.39 is 18.1 Å². The Morgan fingerprint density at radius 2 is 2.62 bits per heavy atom. The molecule has 1 fully saturated rings. The molecule has 1 aliphatic heterocycles. The van der Waals surface area contributed by atoms with Crippen LogP contribution in [0.25, 0.3) is 0 Å². The Hall–Kier alpha value is -0.600. The lowest BCUT2D eigenvalue weighted by molar-refractivity contribution is -0.184. The first kappa shape index (κ1) is 5.54. The van der Waals surface area contributed by atoms with E-state index in [0.717, 1.165) is 0 Å². The number of cyclic esters (lactones) is 1. The van der Waals surface area contributed by atoms with Gasteiger partial charge in [0.2, 0.25) is 0 Å². The van der Waals surface area contributed by atoms with Crippen LogP contribution in [-0.2, 0) is 9.53 Å². The highest BCUT2D eigenvalue weighted by molar-refractivity contribution is 5.81. The third-order valence-electron chi connectivity index (χ3n) is 1.31. The lowest BCUT2D eigenvalue weighted by Crippen LogP contribution is -2.47. The molecule has 0 aliphatic carbocycles. The standard InChI is InChI=1S/C5H7FO2/c1-5(2-6)3-8-4(5)7/h2-3H2,1H3. The van der Waals surface area contributed by atoms with E-state index in [0.29, 0.717) is 0 Å². The van der Waals surface area contributed by atoms with Crippen LogP contribution in [0.2, 0.25) is 0 Å². The molecule has 0 aromatic heterocycles. The van der Waals surface area contributed by atoms with Crippen LogP contribution in [0, 0.1) is 5.41 Å². The van der Waals surface area contributed by atoms with Crippen LogP contribution >= 0.6 is 0 Å². The first-order valence-corrected chi connectivity index (χ1v) is 2.42. The van der Waals surface area contributed by atoms with E-state index in [1.165, 1.54) is 0 Å². The number of rotatable bonds is 1. The van der Waals surface area contributed by atoms with Crippen LogP contribution in [0.1, 0.15) is 6.92 Å². The summed E-state index contributed by atoms with van der Waals surface area (Å²) in [6.07, 6.45) is 0. The first-order valence-electron chi connectivity index (χ1n) is 2.42. The normalized spacial score (nSPS) is 36.0. The summed E-state index contributed by atoms with van der Waals surface area (Å²) in [5.74, 6) is -0.417. The number of esters is 1. The predicted octanol–water partition coefficient (Wildman–Crippen LogP) is 0.519. The SMILES string of the molecule is CC1(CF)COC1=O. The van der Waals surface area contributed by atoms with Crippen molar-refractivity contribution >= 4 is 5.97 Å². The zero-order chi connectivity index (χ0) is 6.20. The van der Waals surface area contributed by atoms with E-state index in [4.69, 9.17) is 0 Å². The van der Waals surface area contributed by atoms with Gasteiger partial charge in [0.15, 0.2) is 0 Å². The molecule has 0 spiro atoms. The largest absolute Gasteiger partial charge is 0.464 e. The molecule has 0 aromatic rings. The van der Waals surface area contributed by atoms with Gasteiger partial charge in [-0.25, -0.2) is 4.39 Å². The Balaban J connectivity index is 2.55. The summed E-state index contributed by atoms with van der Waals surface area (Å²) in [6.45, 7) is 1.19. The molecule has 3 heteroatoms. The van der Waals surface area contributed by atoms with Gasteiger partial charge in [0.1, 0.15) is 18.7 Å². The highest BCUT2D eigenvalue weighted by Crippen LogP contribution is 2.28. The van der Waals surface area contributed by atoms with Crippen LogP contribution in [0.15, 0.2) is 0 Å². The first-order chi connectivity index (χ1) is 3.69. The molecule has 1 heterocycles. The van der Waals surface area contributed by atoms with Gasteiger partial charge in [-0.15, -0.1) is 0 Å². The maximum atomic E-state index is 11.8. The number of hydrogen-bond donors (Lipinski definition) is 0. The van der Waals surface area contributed by atoms with E-state index in [1.807, 2.05) is 0 Å². The van der Waals surface area contributed by atoms with E-state index in [2.05, 4.69) is 4.74 Å². The minimum absolute atomic E-state index is 0.238. The molecular weight excluding hydrogens is 111 g/mol. The molecular formula is C5H7FO2.